The lowest BCUT2D eigenvalue weighted by atomic mass is 10.1. The zero-order valence-corrected chi connectivity index (χ0v) is 16.1. The molecule has 0 spiro atoms. The van der Waals surface area contributed by atoms with Crippen LogP contribution in [0.15, 0.2) is 14.6 Å². The number of thioether (sulfide) groups is 1. The highest BCUT2D eigenvalue weighted by Gasteiger charge is 2.17. The minimum atomic E-state index is -0.361. The first-order chi connectivity index (χ1) is 11.2. The van der Waals surface area contributed by atoms with Crippen molar-refractivity contribution in [2.45, 2.75) is 45.6 Å². The number of aromatic nitrogens is 4. The molecule has 0 radical (unpaired) electrons. The van der Waals surface area contributed by atoms with Crippen LogP contribution in [0.3, 0.4) is 0 Å². The molecule has 2 aromatic rings. The highest BCUT2D eigenvalue weighted by molar-refractivity contribution is 7.99. The maximum atomic E-state index is 12.6. The lowest BCUT2D eigenvalue weighted by molar-refractivity contribution is 0.613. The standard InChI is InChI=1S/C17H26N4O2S/c1-10(2)7-8-24-15-13-14(18-12(19-15)9-11(3)4)20(5)17(23)21(6)16(13)22/h10-11H,7-9H2,1-6H3. The Morgan fingerprint density at radius 1 is 1.00 bits per heavy atom. The summed E-state index contributed by atoms with van der Waals surface area (Å²) in [7, 11) is 3.15. The second-order valence-corrected chi connectivity index (χ2v) is 8.06. The second-order valence-electron chi connectivity index (χ2n) is 6.98. The Hall–Kier alpha value is -1.63. The van der Waals surface area contributed by atoms with Crippen LogP contribution in [0.1, 0.15) is 39.9 Å². The van der Waals surface area contributed by atoms with Gasteiger partial charge >= 0.3 is 5.69 Å². The number of nitrogens with zero attached hydrogens (tertiary/aromatic N) is 4. The van der Waals surface area contributed by atoms with E-state index < -0.39 is 0 Å². The van der Waals surface area contributed by atoms with Crippen LogP contribution in [-0.2, 0) is 20.5 Å². The Bertz CT molecular complexity index is 852. The monoisotopic (exact) mass is 350 g/mol. The van der Waals surface area contributed by atoms with Gasteiger partial charge in [0, 0.05) is 20.5 Å². The topological polar surface area (TPSA) is 69.8 Å². The number of rotatable bonds is 6. The van der Waals surface area contributed by atoms with E-state index in [-0.39, 0.29) is 11.2 Å². The van der Waals surface area contributed by atoms with Gasteiger partial charge in [0.05, 0.1) is 0 Å². The summed E-state index contributed by atoms with van der Waals surface area (Å²) in [5, 5.41) is 1.13. The first-order valence-electron chi connectivity index (χ1n) is 8.31. The average molecular weight is 350 g/mol. The fourth-order valence-corrected chi connectivity index (χ4v) is 3.70. The molecule has 0 aliphatic carbocycles. The molecule has 0 amide bonds. The van der Waals surface area contributed by atoms with Gasteiger partial charge in [0.25, 0.3) is 5.56 Å². The van der Waals surface area contributed by atoms with E-state index in [1.807, 2.05) is 0 Å². The van der Waals surface area contributed by atoms with E-state index in [4.69, 9.17) is 0 Å². The summed E-state index contributed by atoms with van der Waals surface area (Å²) in [6.45, 7) is 8.54. The van der Waals surface area contributed by atoms with E-state index >= 15 is 0 Å². The van der Waals surface area contributed by atoms with Crippen molar-refractivity contribution in [1.29, 1.82) is 0 Å². The van der Waals surface area contributed by atoms with Crippen LogP contribution in [0.5, 0.6) is 0 Å². The van der Waals surface area contributed by atoms with E-state index in [0.717, 1.165) is 23.2 Å². The normalized spacial score (nSPS) is 11.8. The number of fused-ring (bicyclic) bond motifs is 1. The van der Waals surface area contributed by atoms with Gasteiger partial charge in [-0.3, -0.25) is 13.9 Å². The maximum Gasteiger partial charge on any atom is 0.332 e. The van der Waals surface area contributed by atoms with Gasteiger partial charge < -0.3 is 0 Å². The first-order valence-corrected chi connectivity index (χ1v) is 9.30. The Kier molecular flexibility index (Phi) is 5.85. The molecular weight excluding hydrogens is 324 g/mol. The summed E-state index contributed by atoms with van der Waals surface area (Å²) in [4.78, 5) is 34.0. The molecule has 24 heavy (non-hydrogen) atoms. The smallest absolute Gasteiger partial charge is 0.280 e. The van der Waals surface area contributed by atoms with Crippen molar-refractivity contribution in [2.75, 3.05) is 5.75 Å². The van der Waals surface area contributed by atoms with Gasteiger partial charge in [0.15, 0.2) is 5.65 Å². The van der Waals surface area contributed by atoms with Gasteiger partial charge in [-0.25, -0.2) is 14.8 Å². The molecule has 0 fully saturated rings. The molecular formula is C17H26N4O2S. The molecule has 6 nitrogen and oxygen atoms in total. The number of hydrogen-bond donors (Lipinski definition) is 0. The zero-order valence-electron chi connectivity index (χ0n) is 15.3. The van der Waals surface area contributed by atoms with Crippen LogP contribution < -0.4 is 11.2 Å². The van der Waals surface area contributed by atoms with Crippen LogP contribution in [0.4, 0.5) is 0 Å². The molecule has 2 rings (SSSR count). The molecule has 0 aliphatic heterocycles. The Morgan fingerprint density at radius 2 is 1.67 bits per heavy atom. The van der Waals surface area contributed by atoms with Crippen molar-refractivity contribution in [2.24, 2.45) is 25.9 Å². The second kappa shape index (κ2) is 7.51. The van der Waals surface area contributed by atoms with E-state index in [2.05, 4.69) is 37.7 Å². The van der Waals surface area contributed by atoms with E-state index in [9.17, 15) is 9.59 Å². The summed E-state index contributed by atoms with van der Waals surface area (Å²) >= 11 is 1.58. The summed E-state index contributed by atoms with van der Waals surface area (Å²) in [5.41, 5.74) is -0.253. The fourth-order valence-electron chi connectivity index (χ4n) is 2.42. The van der Waals surface area contributed by atoms with Gasteiger partial charge in [-0.2, -0.15) is 0 Å². The molecule has 0 saturated carbocycles. The van der Waals surface area contributed by atoms with Gasteiger partial charge in [0.2, 0.25) is 0 Å². The zero-order chi connectivity index (χ0) is 18.0. The Labute approximate surface area is 146 Å². The van der Waals surface area contributed by atoms with Crippen molar-refractivity contribution in [1.82, 2.24) is 19.1 Å². The van der Waals surface area contributed by atoms with E-state index in [1.165, 1.54) is 11.6 Å². The van der Waals surface area contributed by atoms with Crippen LogP contribution >= 0.6 is 11.8 Å². The van der Waals surface area contributed by atoms with Crippen molar-refractivity contribution >= 4 is 22.8 Å². The Balaban J connectivity index is 2.67. The quantitative estimate of drug-likeness (QED) is 0.591. The van der Waals surface area contributed by atoms with Crippen molar-refractivity contribution in [3.05, 3.63) is 26.7 Å². The third kappa shape index (κ3) is 3.88. The SMILES string of the molecule is CC(C)CCSc1nc(CC(C)C)nc2c1c(=O)n(C)c(=O)n2C. The van der Waals surface area contributed by atoms with Crippen LogP contribution in [0.25, 0.3) is 11.0 Å². The first kappa shape index (κ1) is 18.7. The Morgan fingerprint density at radius 3 is 2.25 bits per heavy atom. The highest BCUT2D eigenvalue weighted by Crippen LogP contribution is 2.24. The molecule has 0 unspecified atom stereocenters. The predicted molar refractivity (Wildman–Crippen MR) is 98.7 cm³/mol. The lowest BCUT2D eigenvalue weighted by Crippen LogP contribution is -2.38. The van der Waals surface area contributed by atoms with Crippen LogP contribution in [-0.4, -0.2) is 24.9 Å². The van der Waals surface area contributed by atoms with E-state index in [0.29, 0.717) is 33.7 Å². The summed E-state index contributed by atoms with van der Waals surface area (Å²) < 4.78 is 2.56. The van der Waals surface area contributed by atoms with Gasteiger partial charge in [-0.05, 0) is 24.0 Å². The number of hydrogen-bond acceptors (Lipinski definition) is 5. The molecule has 0 aromatic carbocycles. The summed E-state index contributed by atoms with van der Waals surface area (Å²) in [5.74, 6) is 2.57. The predicted octanol–water partition coefficient (Wildman–Crippen LogP) is 2.36. The summed E-state index contributed by atoms with van der Waals surface area (Å²) in [6, 6.07) is 0. The molecule has 7 heteroatoms. The van der Waals surface area contributed by atoms with Crippen molar-refractivity contribution in [3.63, 3.8) is 0 Å². The molecule has 0 saturated heterocycles. The van der Waals surface area contributed by atoms with E-state index in [1.54, 1.807) is 18.8 Å². The highest BCUT2D eigenvalue weighted by atomic mass is 32.2. The van der Waals surface area contributed by atoms with Crippen LogP contribution in [0.2, 0.25) is 0 Å². The molecule has 2 aromatic heterocycles. The van der Waals surface area contributed by atoms with Crippen molar-refractivity contribution in [3.8, 4) is 0 Å². The van der Waals surface area contributed by atoms with Gasteiger partial charge in [-0.1, -0.05) is 27.7 Å². The minimum absolute atomic E-state index is 0.323. The molecule has 0 N–H and O–H groups in total. The average Bonchev–Trinajstić information content (AvgIpc) is 2.49. The molecule has 2 heterocycles. The molecule has 0 aliphatic rings. The van der Waals surface area contributed by atoms with Crippen LogP contribution in [0, 0.1) is 11.8 Å². The lowest BCUT2D eigenvalue weighted by Gasteiger charge is -2.13. The maximum absolute atomic E-state index is 12.6. The third-order valence-corrected chi connectivity index (χ3v) is 4.85. The largest absolute Gasteiger partial charge is 0.332 e. The molecule has 132 valence electrons. The molecule has 0 atom stereocenters. The van der Waals surface area contributed by atoms with Gasteiger partial charge in [0.1, 0.15) is 16.2 Å². The summed E-state index contributed by atoms with van der Waals surface area (Å²) in [6.07, 6.45) is 1.76. The number of aryl methyl sites for hydroxylation is 1. The van der Waals surface area contributed by atoms with Gasteiger partial charge in [-0.15, -0.1) is 11.8 Å². The third-order valence-electron chi connectivity index (χ3n) is 3.84. The fraction of sp³-hybridized carbons (Fsp3) is 0.647. The van der Waals surface area contributed by atoms with Crippen molar-refractivity contribution < 1.29 is 0 Å². The molecule has 0 bridgehead atoms. The minimum Gasteiger partial charge on any atom is -0.280 e.